The van der Waals surface area contributed by atoms with Crippen molar-refractivity contribution in [1.82, 2.24) is 10.3 Å². The average Bonchev–Trinajstić information content (AvgIpc) is 3.19. The lowest BCUT2D eigenvalue weighted by Crippen LogP contribution is -2.51. The van der Waals surface area contributed by atoms with Gasteiger partial charge < -0.3 is 15.0 Å². The molecular formula is C23H27F3N4O2. The molecular weight excluding hydrogens is 421 g/mol. The maximum Gasteiger partial charge on any atom is 0.416 e. The molecule has 3 heterocycles. The lowest BCUT2D eigenvalue weighted by molar-refractivity contribution is -0.137. The van der Waals surface area contributed by atoms with Crippen molar-refractivity contribution in [3.8, 4) is 17.0 Å². The summed E-state index contributed by atoms with van der Waals surface area (Å²) in [5.74, 6) is 0.921. The van der Waals surface area contributed by atoms with Crippen molar-refractivity contribution in [3.05, 3.63) is 35.9 Å². The molecule has 2 bridgehead atoms. The van der Waals surface area contributed by atoms with E-state index in [4.69, 9.17) is 4.74 Å². The highest BCUT2D eigenvalue weighted by molar-refractivity contribution is 5.98. The van der Waals surface area contributed by atoms with Gasteiger partial charge in [-0.15, -0.1) is 0 Å². The zero-order valence-corrected chi connectivity index (χ0v) is 18.2. The van der Waals surface area contributed by atoms with E-state index >= 15 is 0 Å². The number of unbranched alkanes of at least 4 members (excludes halogenated alkanes) is 2. The third-order valence-corrected chi connectivity index (χ3v) is 5.99. The number of hydrogen-bond acceptors (Lipinski definition) is 4. The number of methoxy groups -OCH3 is 1. The molecule has 0 spiro atoms. The summed E-state index contributed by atoms with van der Waals surface area (Å²) < 4.78 is 45.3. The van der Waals surface area contributed by atoms with Crippen LogP contribution in [0.25, 0.3) is 11.3 Å². The minimum atomic E-state index is -4.45. The molecule has 2 aliphatic heterocycles. The van der Waals surface area contributed by atoms with Crippen LogP contribution >= 0.6 is 0 Å². The molecule has 2 amide bonds. The fourth-order valence-corrected chi connectivity index (χ4v) is 4.37. The number of anilines is 2. The van der Waals surface area contributed by atoms with Gasteiger partial charge in [-0.3, -0.25) is 4.90 Å². The van der Waals surface area contributed by atoms with Crippen LogP contribution in [-0.2, 0) is 6.18 Å². The van der Waals surface area contributed by atoms with Gasteiger partial charge >= 0.3 is 12.2 Å². The SMILES string of the molecule is CCCCCNC(=O)N1c2nc(-c3cccc(C(F)(F)F)c3)cc(OC)c2N2CCC1C2. The van der Waals surface area contributed by atoms with E-state index in [1.165, 1.54) is 13.2 Å². The number of nitrogens with zero attached hydrogens (tertiary/aromatic N) is 3. The second-order valence-corrected chi connectivity index (χ2v) is 8.16. The van der Waals surface area contributed by atoms with Gasteiger partial charge in [0.1, 0.15) is 11.4 Å². The van der Waals surface area contributed by atoms with Gasteiger partial charge in [0.05, 0.1) is 24.4 Å². The smallest absolute Gasteiger partial charge is 0.416 e. The summed E-state index contributed by atoms with van der Waals surface area (Å²) in [6.45, 7) is 4.11. The van der Waals surface area contributed by atoms with Gasteiger partial charge in [-0.1, -0.05) is 31.9 Å². The molecule has 1 atom stereocenters. The van der Waals surface area contributed by atoms with E-state index in [0.717, 1.165) is 44.4 Å². The highest BCUT2D eigenvalue weighted by Crippen LogP contribution is 2.46. The average molecular weight is 448 g/mol. The summed E-state index contributed by atoms with van der Waals surface area (Å²) in [4.78, 5) is 21.6. The number of aromatic nitrogens is 1. The molecule has 1 aromatic heterocycles. The summed E-state index contributed by atoms with van der Waals surface area (Å²) >= 11 is 0. The lowest BCUT2D eigenvalue weighted by atomic mass is 10.1. The number of ether oxygens (including phenoxy) is 1. The van der Waals surface area contributed by atoms with E-state index < -0.39 is 11.7 Å². The number of amides is 2. The topological polar surface area (TPSA) is 57.7 Å². The number of nitrogens with one attached hydrogen (secondary N) is 1. The molecule has 9 heteroatoms. The van der Waals surface area contributed by atoms with Gasteiger partial charge in [0.25, 0.3) is 0 Å². The van der Waals surface area contributed by atoms with Crippen LogP contribution in [0.4, 0.5) is 29.5 Å². The Kier molecular flexibility index (Phi) is 6.17. The molecule has 0 saturated carbocycles. The van der Waals surface area contributed by atoms with Crippen LogP contribution in [0.3, 0.4) is 0 Å². The van der Waals surface area contributed by atoms with Gasteiger partial charge in [-0.25, -0.2) is 9.78 Å². The van der Waals surface area contributed by atoms with Crippen LogP contribution in [0.2, 0.25) is 0 Å². The van der Waals surface area contributed by atoms with Crippen LogP contribution in [0.1, 0.15) is 38.2 Å². The summed E-state index contributed by atoms with van der Waals surface area (Å²) in [5.41, 5.74) is 0.610. The van der Waals surface area contributed by atoms with Crippen molar-refractivity contribution < 1.29 is 22.7 Å². The van der Waals surface area contributed by atoms with Crippen LogP contribution in [-0.4, -0.2) is 43.8 Å². The second kappa shape index (κ2) is 8.88. The molecule has 1 saturated heterocycles. The molecule has 1 unspecified atom stereocenters. The fraction of sp³-hybridized carbons (Fsp3) is 0.478. The van der Waals surface area contributed by atoms with Gasteiger partial charge in [0, 0.05) is 31.3 Å². The predicted molar refractivity (Wildman–Crippen MR) is 117 cm³/mol. The molecule has 1 N–H and O–H groups in total. The quantitative estimate of drug-likeness (QED) is 0.627. The minimum absolute atomic E-state index is 0.0392. The van der Waals surface area contributed by atoms with E-state index in [1.807, 2.05) is 0 Å². The number of carbonyl (C=O) groups excluding carboxylic acids is 1. The van der Waals surface area contributed by atoms with Crippen molar-refractivity contribution in [2.75, 3.05) is 36.5 Å². The first-order valence-electron chi connectivity index (χ1n) is 10.9. The normalized spacial score (nSPS) is 17.3. The van der Waals surface area contributed by atoms with E-state index in [-0.39, 0.29) is 12.1 Å². The highest BCUT2D eigenvalue weighted by Gasteiger charge is 2.42. The number of urea groups is 1. The first-order valence-corrected chi connectivity index (χ1v) is 10.9. The highest BCUT2D eigenvalue weighted by atomic mass is 19.4. The number of pyridine rings is 1. The van der Waals surface area contributed by atoms with Crippen LogP contribution < -0.4 is 19.9 Å². The van der Waals surface area contributed by atoms with Crippen molar-refractivity contribution >= 4 is 17.5 Å². The van der Waals surface area contributed by atoms with Crippen LogP contribution in [0.5, 0.6) is 5.75 Å². The lowest BCUT2D eigenvalue weighted by Gasteiger charge is -2.36. The predicted octanol–water partition coefficient (Wildman–Crippen LogP) is 5.07. The molecule has 172 valence electrons. The maximum atomic E-state index is 13.2. The van der Waals surface area contributed by atoms with Gasteiger partial charge in [-0.2, -0.15) is 13.2 Å². The Bertz CT molecular complexity index is 996. The van der Waals surface area contributed by atoms with Gasteiger partial charge in [-0.05, 0) is 25.0 Å². The summed E-state index contributed by atoms with van der Waals surface area (Å²) in [5, 5.41) is 2.98. The largest absolute Gasteiger partial charge is 0.494 e. The number of fused-ring (bicyclic) bond motifs is 4. The Morgan fingerprint density at radius 3 is 2.81 bits per heavy atom. The Balaban J connectivity index is 1.75. The standard InChI is InChI=1S/C23H27F3N4O2/c1-3-4-5-10-27-22(31)30-17-9-11-29(14-17)20-19(32-2)13-18(28-21(20)30)15-7-6-8-16(12-15)23(24,25)26/h6-8,12-13,17H,3-5,9-11,14H2,1-2H3,(H,27,31). The molecule has 32 heavy (non-hydrogen) atoms. The molecule has 2 aromatic rings. The minimum Gasteiger partial charge on any atom is -0.494 e. The fourth-order valence-electron chi connectivity index (χ4n) is 4.37. The van der Waals surface area contributed by atoms with E-state index in [0.29, 0.717) is 41.6 Å². The molecule has 1 aromatic carbocycles. The number of carbonyl (C=O) groups is 1. The van der Waals surface area contributed by atoms with E-state index in [2.05, 4.69) is 22.1 Å². The van der Waals surface area contributed by atoms with Crippen molar-refractivity contribution in [1.29, 1.82) is 0 Å². The summed E-state index contributed by atoms with van der Waals surface area (Å²) in [6.07, 6.45) is -0.690. The van der Waals surface area contributed by atoms with E-state index in [1.54, 1.807) is 17.0 Å². The Morgan fingerprint density at radius 1 is 1.28 bits per heavy atom. The number of alkyl halides is 3. The summed E-state index contributed by atoms with van der Waals surface area (Å²) in [6, 6.07) is 6.41. The van der Waals surface area contributed by atoms with Gasteiger partial charge in [0.2, 0.25) is 0 Å². The Labute approximate surface area is 185 Å². The number of hydrogen-bond donors (Lipinski definition) is 1. The zero-order valence-electron chi connectivity index (χ0n) is 18.2. The number of benzene rings is 1. The number of halogens is 3. The summed E-state index contributed by atoms with van der Waals surface area (Å²) in [7, 11) is 1.52. The monoisotopic (exact) mass is 448 g/mol. The third-order valence-electron chi connectivity index (χ3n) is 5.99. The zero-order chi connectivity index (χ0) is 22.9. The van der Waals surface area contributed by atoms with Crippen molar-refractivity contribution in [3.63, 3.8) is 0 Å². The number of rotatable bonds is 6. The first kappa shape index (κ1) is 22.2. The maximum absolute atomic E-state index is 13.2. The molecule has 0 radical (unpaired) electrons. The second-order valence-electron chi connectivity index (χ2n) is 8.16. The third kappa shape index (κ3) is 4.20. The van der Waals surface area contributed by atoms with Gasteiger partial charge in [0.15, 0.2) is 5.82 Å². The molecule has 4 rings (SSSR count). The Hall–Kier alpha value is -2.97. The van der Waals surface area contributed by atoms with Crippen LogP contribution in [0.15, 0.2) is 30.3 Å². The Morgan fingerprint density at radius 2 is 2.09 bits per heavy atom. The van der Waals surface area contributed by atoms with Crippen molar-refractivity contribution in [2.45, 2.75) is 44.8 Å². The first-order chi connectivity index (χ1) is 15.3. The van der Waals surface area contributed by atoms with Crippen molar-refractivity contribution in [2.24, 2.45) is 0 Å². The molecule has 6 nitrogen and oxygen atoms in total. The van der Waals surface area contributed by atoms with Crippen LogP contribution in [0, 0.1) is 0 Å². The van der Waals surface area contributed by atoms with E-state index in [9.17, 15) is 18.0 Å². The molecule has 0 aliphatic carbocycles. The molecule has 1 fully saturated rings. The molecule has 2 aliphatic rings.